The van der Waals surface area contributed by atoms with Gasteiger partial charge in [0.15, 0.2) is 11.5 Å². The Kier molecular flexibility index (Phi) is 6.43. The van der Waals surface area contributed by atoms with Crippen LogP contribution in [0.2, 0.25) is 0 Å². The number of carboxylic acids is 1. The van der Waals surface area contributed by atoms with Crippen LogP contribution in [-0.2, 0) is 11.2 Å². The van der Waals surface area contributed by atoms with Gasteiger partial charge in [-0.05, 0) is 42.7 Å². The molecule has 0 atom stereocenters. The number of hydrogen-bond acceptors (Lipinski definition) is 4. The van der Waals surface area contributed by atoms with E-state index in [1.54, 1.807) is 37.4 Å². The first-order valence-corrected chi connectivity index (χ1v) is 8.04. The van der Waals surface area contributed by atoms with E-state index in [4.69, 9.17) is 14.6 Å². The van der Waals surface area contributed by atoms with Gasteiger partial charge in [-0.1, -0.05) is 12.1 Å². The van der Waals surface area contributed by atoms with Crippen molar-refractivity contribution in [3.63, 3.8) is 0 Å². The Bertz CT molecular complexity index is 805. The minimum Gasteiger partial charge on any atom is -0.493 e. The summed E-state index contributed by atoms with van der Waals surface area (Å²) < 4.78 is 10.5. The van der Waals surface area contributed by atoms with Crippen LogP contribution in [0, 0.1) is 6.92 Å². The Morgan fingerprint density at radius 3 is 2.38 bits per heavy atom. The summed E-state index contributed by atoms with van der Waals surface area (Å²) in [6.45, 7) is 1.85. The van der Waals surface area contributed by atoms with E-state index in [1.165, 1.54) is 7.11 Å². The molecule has 0 fully saturated rings. The molecule has 138 valence electrons. The molecule has 7 heteroatoms. The van der Waals surface area contributed by atoms with Crippen LogP contribution in [0.3, 0.4) is 0 Å². The number of anilines is 2. The summed E-state index contributed by atoms with van der Waals surface area (Å²) in [7, 11) is 3.08. The molecule has 2 aromatic rings. The number of hydrogen-bond donors (Lipinski definition) is 3. The van der Waals surface area contributed by atoms with E-state index in [-0.39, 0.29) is 6.42 Å². The van der Waals surface area contributed by atoms with E-state index >= 15 is 0 Å². The first-order valence-electron chi connectivity index (χ1n) is 8.04. The molecule has 0 radical (unpaired) electrons. The second-order valence-electron chi connectivity index (χ2n) is 5.70. The molecule has 0 saturated heterocycles. The summed E-state index contributed by atoms with van der Waals surface area (Å²) in [6.07, 6.45) is 0.446. The number of carbonyl (C=O) groups is 2. The Hall–Kier alpha value is -3.22. The molecule has 0 spiro atoms. The number of carbonyl (C=O) groups excluding carboxylic acids is 1. The number of amides is 2. The number of urea groups is 1. The number of aliphatic carboxylic acids is 1. The zero-order valence-corrected chi connectivity index (χ0v) is 15.0. The molecule has 0 heterocycles. The SMILES string of the molecule is COc1cc(C)c(NC(=O)Nc2cccc(CCC(=O)O)c2)cc1OC. The number of ether oxygens (including phenoxy) is 2. The summed E-state index contributed by atoms with van der Waals surface area (Å²) in [5.41, 5.74) is 2.85. The number of nitrogens with one attached hydrogen (secondary N) is 2. The van der Waals surface area contributed by atoms with Crippen molar-refractivity contribution >= 4 is 23.4 Å². The van der Waals surface area contributed by atoms with Crippen molar-refractivity contribution in [3.8, 4) is 11.5 Å². The fourth-order valence-corrected chi connectivity index (χ4v) is 2.46. The number of benzene rings is 2. The summed E-state index contributed by atoms with van der Waals surface area (Å²) in [5.74, 6) is 0.246. The van der Waals surface area contributed by atoms with Crippen LogP contribution in [0.4, 0.5) is 16.2 Å². The van der Waals surface area contributed by atoms with Gasteiger partial charge >= 0.3 is 12.0 Å². The van der Waals surface area contributed by atoms with Crippen LogP contribution in [0.1, 0.15) is 17.5 Å². The van der Waals surface area contributed by atoms with E-state index in [1.807, 2.05) is 13.0 Å². The van der Waals surface area contributed by atoms with Gasteiger partial charge in [-0.15, -0.1) is 0 Å². The largest absolute Gasteiger partial charge is 0.493 e. The highest BCUT2D eigenvalue weighted by atomic mass is 16.5. The van der Waals surface area contributed by atoms with Crippen LogP contribution >= 0.6 is 0 Å². The summed E-state index contributed by atoms with van der Waals surface area (Å²) in [6, 6.07) is 10.2. The smallest absolute Gasteiger partial charge is 0.323 e. The Balaban J connectivity index is 2.07. The molecule has 7 nitrogen and oxygen atoms in total. The van der Waals surface area contributed by atoms with E-state index < -0.39 is 12.0 Å². The Labute approximate surface area is 151 Å². The molecule has 0 saturated carbocycles. The molecule has 3 N–H and O–H groups in total. The van der Waals surface area contributed by atoms with Crippen LogP contribution < -0.4 is 20.1 Å². The average Bonchev–Trinajstić information content (AvgIpc) is 2.61. The van der Waals surface area contributed by atoms with Gasteiger partial charge in [0.2, 0.25) is 0 Å². The van der Waals surface area contributed by atoms with Gasteiger partial charge in [0.25, 0.3) is 0 Å². The van der Waals surface area contributed by atoms with Crippen molar-refractivity contribution in [3.05, 3.63) is 47.5 Å². The highest BCUT2D eigenvalue weighted by molar-refractivity contribution is 6.00. The molecular weight excluding hydrogens is 336 g/mol. The van der Waals surface area contributed by atoms with Crippen molar-refractivity contribution < 1.29 is 24.2 Å². The van der Waals surface area contributed by atoms with Crippen molar-refractivity contribution in [2.75, 3.05) is 24.9 Å². The Morgan fingerprint density at radius 1 is 1.04 bits per heavy atom. The zero-order chi connectivity index (χ0) is 19.1. The molecule has 2 amide bonds. The quantitative estimate of drug-likeness (QED) is 0.702. The lowest BCUT2D eigenvalue weighted by Crippen LogP contribution is -2.20. The van der Waals surface area contributed by atoms with E-state index in [0.717, 1.165) is 11.1 Å². The normalized spacial score (nSPS) is 10.1. The van der Waals surface area contributed by atoms with E-state index in [2.05, 4.69) is 10.6 Å². The second kappa shape index (κ2) is 8.75. The highest BCUT2D eigenvalue weighted by Gasteiger charge is 2.11. The van der Waals surface area contributed by atoms with Gasteiger partial charge in [-0.3, -0.25) is 4.79 Å². The molecule has 0 aliphatic rings. The summed E-state index contributed by atoms with van der Waals surface area (Å²) in [5, 5.41) is 14.3. The molecule has 0 aromatic heterocycles. The lowest BCUT2D eigenvalue weighted by atomic mass is 10.1. The zero-order valence-electron chi connectivity index (χ0n) is 15.0. The lowest BCUT2D eigenvalue weighted by molar-refractivity contribution is -0.136. The summed E-state index contributed by atoms with van der Waals surface area (Å²) in [4.78, 5) is 22.9. The second-order valence-corrected chi connectivity index (χ2v) is 5.70. The third-order valence-corrected chi connectivity index (χ3v) is 3.79. The minimum atomic E-state index is -0.856. The maximum Gasteiger partial charge on any atom is 0.323 e. The van der Waals surface area contributed by atoms with E-state index in [9.17, 15) is 9.59 Å². The molecule has 26 heavy (non-hydrogen) atoms. The summed E-state index contributed by atoms with van der Waals surface area (Å²) >= 11 is 0. The first kappa shape index (κ1) is 19.1. The fourth-order valence-electron chi connectivity index (χ4n) is 2.46. The van der Waals surface area contributed by atoms with Crippen molar-refractivity contribution in [2.45, 2.75) is 19.8 Å². The molecule has 2 aromatic carbocycles. The average molecular weight is 358 g/mol. The van der Waals surface area contributed by atoms with Crippen LogP contribution in [-0.4, -0.2) is 31.3 Å². The van der Waals surface area contributed by atoms with Crippen molar-refractivity contribution in [1.29, 1.82) is 0 Å². The third kappa shape index (κ3) is 5.14. The first-order chi connectivity index (χ1) is 12.4. The van der Waals surface area contributed by atoms with Crippen molar-refractivity contribution in [1.82, 2.24) is 0 Å². The maximum atomic E-state index is 12.3. The number of carboxylic acid groups (broad SMARTS) is 1. The molecule has 0 aliphatic heterocycles. The van der Waals surface area contributed by atoms with Gasteiger partial charge in [-0.25, -0.2) is 4.79 Å². The third-order valence-electron chi connectivity index (χ3n) is 3.79. The molecule has 0 aliphatic carbocycles. The van der Waals surface area contributed by atoms with Gasteiger partial charge in [0.1, 0.15) is 0 Å². The van der Waals surface area contributed by atoms with Gasteiger partial charge in [-0.2, -0.15) is 0 Å². The molecule has 0 bridgehead atoms. The number of rotatable bonds is 7. The number of aryl methyl sites for hydroxylation is 2. The maximum absolute atomic E-state index is 12.3. The monoisotopic (exact) mass is 358 g/mol. The molecule has 0 unspecified atom stereocenters. The highest BCUT2D eigenvalue weighted by Crippen LogP contribution is 2.32. The van der Waals surface area contributed by atoms with Crippen LogP contribution in [0.15, 0.2) is 36.4 Å². The van der Waals surface area contributed by atoms with Gasteiger partial charge in [0.05, 0.1) is 14.2 Å². The van der Waals surface area contributed by atoms with E-state index in [0.29, 0.717) is 29.3 Å². The lowest BCUT2D eigenvalue weighted by Gasteiger charge is -2.14. The molecule has 2 rings (SSSR count). The molecular formula is C19H22N2O5. The topological polar surface area (TPSA) is 96.9 Å². The van der Waals surface area contributed by atoms with Gasteiger partial charge in [0, 0.05) is 23.9 Å². The standard InChI is InChI=1S/C19H22N2O5/c1-12-9-16(25-2)17(26-3)11-15(12)21-19(24)20-14-6-4-5-13(10-14)7-8-18(22)23/h4-6,9-11H,7-8H2,1-3H3,(H,22,23)(H2,20,21,24). The van der Waals surface area contributed by atoms with Crippen LogP contribution in [0.5, 0.6) is 11.5 Å². The predicted octanol–water partition coefficient (Wildman–Crippen LogP) is 3.67. The minimum absolute atomic E-state index is 0.0422. The van der Waals surface area contributed by atoms with Gasteiger partial charge < -0.3 is 25.2 Å². The van der Waals surface area contributed by atoms with Crippen molar-refractivity contribution in [2.24, 2.45) is 0 Å². The number of methoxy groups -OCH3 is 2. The van der Waals surface area contributed by atoms with Crippen LogP contribution in [0.25, 0.3) is 0 Å². The predicted molar refractivity (Wildman–Crippen MR) is 99.3 cm³/mol. The Morgan fingerprint density at radius 2 is 1.73 bits per heavy atom. The fraction of sp³-hybridized carbons (Fsp3) is 0.263.